The second kappa shape index (κ2) is 8.56. The van der Waals surface area contributed by atoms with Crippen molar-refractivity contribution in [1.29, 1.82) is 0 Å². The van der Waals surface area contributed by atoms with Crippen LogP contribution in [0.1, 0.15) is 32.3 Å². The lowest BCUT2D eigenvalue weighted by molar-refractivity contribution is -0.422. The lowest BCUT2D eigenvalue weighted by atomic mass is 10.1. The first-order chi connectivity index (χ1) is 10.0. The molecule has 0 spiro atoms. The number of nitrogens with zero attached hydrogens (tertiary/aromatic N) is 1. The van der Waals surface area contributed by atoms with E-state index in [1.54, 1.807) is 32.0 Å². The lowest BCUT2D eigenvalue weighted by Crippen LogP contribution is -1.96. The van der Waals surface area contributed by atoms with Crippen molar-refractivity contribution in [1.82, 2.24) is 0 Å². The van der Waals surface area contributed by atoms with Crippen molar-refractivity contribution in [2.75, 3.05) is 20.0 Å². The summed E-state index contributed by atoms with van der Waals surface area (Å²) in [5, 5.41) is 10.8. The molecule has 0 aliphatic heterocycles. The van der Waals surface area contributed by atoms with Crippen molar-refractivity contribution in [2.45, 2.75) is 31.6 Å². The molecule has 1 aromatic rings. The van der Waals surface area contributed by atoms with Crippen LogP contribution < -0.4 is 9.47 Å². The first-order valence-electron chi connectivity index (χ1n) is 6.75. The van der Waals surface area contributed by atoms with Crippen LogP contribution in [0.3, 0.4) is 0 Å². The van der Waals surface area contributed by atoms with Crippen LogP contribution >= 0.6 is 11.8 Å². The third-order valence-corrected chi connectivity index (χ3v) is 4.05. The van der Waals surface area contributed by atoms with E-state index in [9.17, 15) is 10.1 Å². The second-order valence-corrected chi connectivity index (χ2v) is 5.63. The van der Waals surface area contributed by atoms with Crippen molar-refractivity contribution in [3.8, 4) is 11.5 Å². The van der Waals surface area contributed by atoms with Gasteiger partial charge in [0.2, 0.25) is 5.70 Å². The Morgan fingerprint density at radius 3 is 2.52 bits per heavy atom. The van der Waals surface area contributed by atoms with Crippen molar-refractivity contribution < 1.29 is 14.4 Å². The number of hydrogen-bond donors (Lipinski definition) is 0. The number of allylic oxidation sites excluding steroid dienone is 1. The van der Waals surface area contributed by atoms with Crippen LogP contribution in [0, 0.1) is 10.1 Å². The molecule has 5 nitrogen and oxygen atoms in total. The molecule has 0 aliphatic carbocycles. The molecule has 0 aliphatic rings. The van der Waals surface area contributed by atoms with E-state index in [4.69, 9.17) is 9.47 Å². The van der Waals surface area contributed by atoms with Gasteiger partial charge in [-0.15, -0.1) is 11.8 Å². The predicted octanol–water partition coefficient (Wildman–Crippen LogP) is 4.23. The number of rotatable bonds is 8. The van der Waals surface area contributed by atoms with Gasteiger partial charge in [-0.1, -0.05) is 13.3 Å². The van der Waals surface area contributed by atoms with Crippen LogP contribution in [-0.2, 0) is 0 Å². The Bertz CT molecular complexity index is 529. The van der Waals surface area contributed by atoms with Gasteiger partial charge in [0.1, 0.15) is 11.5 Å². The van der Waals surface area contributed by atoms with Crippen LogP contribution in [0.25, 0.3) is 6.08 Å². The average Bonchev–Trinajstić information content (AvgIpc) is 2.47. The maximum Gasteiger partial charge on any atom is 0.243 e. The molecule has 1 aromatic carbocycles. The fraction of sp³-hybridized carbons (Fsp3) is 0.467. The van der Waals surface area contributed by atoms with Crippen molar-refractivity contribution in [2.24, 2.45) is 0 Å². The average molecular weight is 311 g/mol. The van der Waals surface area contributed by atoms with Gasteiger partial charge in [-0.3, -0.25) is 10.1 Å². The van der Waals surface area contributed by atoms with Crippen LogP contribution in [0.2, 0.25) is 0 Å². The Balaban J connectivity index is 3.16. The summed E-state index contributed by atoms with van der Waals surface area (Å²) in [5.41, 5.74) is 0.699. The minimum Gasteiger partial charge on any atom is -0.496 e. The number of thioether (sulfide) groups is 1. The first kappa shape index (κ1) is 17.4. The van der Waals surface area contributed by atoms with Crippen molar-refractivity contribution >= 4 is 17.8 Å². The zero-order chi connectivity index (χ0) is 15.8. The molecule has 0 amide bonds. The number of hydrogen-bond acceptors (Lipinski definition) is 5. The highest BCUT2D eigenvalue weighted by Gasteiger charge is 2.13. The Hall–Kier alpha value is -1.69. The molecule has 0 heterocycles. The quantitative estimate of drug-likeness (QED) is 0.311. The van der Waals surface area contributed by atoms with E-state index in [2.05, 4.69) is 6.92 Å². The minimum absolute atomic E-state index is 0.0572. The highest BCUT2D eigenvalue weighted by molar-refractivity contribution is 7.99. The standard InChI is InChI=1S/C15H21NO4S/c1-5-6-7-21-15-10-13(19-3)12(9-14(15)20-4)8-11(2)16(17)18/h8-10H,5-7H2,1-4H3/b11-8+. The van der Waals surface area contributed by atoms with E-state index >= 15 is 0 Å². The summed E-state index contributed by atoms with van der Waals surface area (Å²) >= 11 is 1.70. The zero-order valence-electron chi connectivity index (χ0n) is 12.8. The van der Waals surface area contributed by atoms with E-state index in [-0.39, 0.29) is 5.70 Å². The minimum atomic E-state index is -0.421. The first-order valence-corrected chi connectivity index (χ1v) is 7.73. The number of ether oxygens (including phenoxy) is 2. The molecule has 1 rings (SSSR count). The fourth-order valence-corrected chi connectivity index (χ4v) is 2.85. The summed E-state index contributed by atoms with van der Waals surface area (Å²) in [4.78, 5) is 11.3. The Labute approximate surface area is 129 Å². The number of benzene rings is 1. The van der Waals surface area contributed by atoms with Gasteiger partial charge in [-0.05, 0) is 24.3 Å². The summed E-state index contributed by atoms with van der Waals surface area (Å²) < 4.78 is 10.7. The maximum atomic E-state index is 10.8. The summed E-state index contributed by atoms with van der Waals surface area (Å²) in [7, 11) is 3.15. The molecule has 0 atom stereocenters. The summed E-state index contributed by atoms with van der Waals surface area (Å²) in [6.07, 6.45) is 3.75. The number of nitro groups is 1. The normalized spacial score (nSPS) is 11.3. The summed E-state index contributed by atoms with van der Waals surface area (Å²) in [6.45, 7) is 3.60. The molecular weight excluding hydrogens is 290 g/mol. The molecule has 0 N–H and O–H groups in total. The molecule has 0 aromatic heterocycles. The molecule has 21 heavy (non-hydrogen) atoms. The molecule has 0 fully saturated rings. The van der Waals surface area contributed by atoms with Gasteiger partial charge in [0, 0.05) is 18.6 Å². The maximum absolute atomic E-state index is 10.8. The monoisotopic (exact) mass is 311 g/mol. The fourth-order valence-electron chi connectivity index (χ4n) is 1.72. The molecule has 0 unspecified atom stereocenters. The topological polar surface area (TPSA) is 61.6 Å². The van der Waals surface area contributed by atoms with Gasteiger partial charge in [-0.25, -0.2) is 0 Å². The number of unbranched alkanes of at least 4 members (excludes halogenated alkanes) is 1. The largest absolute Gasteiger partial charge is 0.496 e. The smallest absolute Gasteiger partial charge is 0.243 e. The van der Waals surface area contributed by atoms with Gasteiger partial charge in [0.25, 0.3) is 0 Å². The highest BCUT2D eigenvalue weighted by Crippen LogP contribution is 2.37. The second-order valence-electron chi connectivity index (χ2n) is 4.49. The zero-order valence-corrected chi connectivity index (χ0v) is 13.7. The Morgan fingerprint density at radius 2 is 2.00 bits per heavy atom. The molecular formula is C15H21NO4S. The van der Waals surface area contributed by atoms with E-state index in [0.717, 1.165) is 23.5 Å². The van der Waals surface area contributed by atoms with Crippen molar-refractivity contribution in [3.05, 3.63) is 33.5 Å². The molecule has 6 heteroatoms. The Morgan fingerprint density at radius 1 is 1.33 bits per heavy atom. The van der Waals surface area contributed by atoms with E-state index in [1.807, 2.05) is 6.07 Å². The van der Waals surface area contributed by atoms with Gasteiger partial charge in [-0.2, -0.15) is 0 Å². The highest BCUT2D eigenvalue weighted by atomic mass is 32.2. The van der Waals surface area contributed by atoms with E-state index < -0.39 is 4.92 Å². The molecule has 0 radical (unpaired) electrons. The SMILES string of the molecule is CCCCSc1cc(OC)c(/C=C(\C)[N+](=O)[O-])cc1OC. The number of methoxy groups -OCH3 is 2. The molecule has 0 bridgehead atoms. The van der Waals surface area contributed by atoms with Crippen LogP contribution in [0.5, 0.6) is 11.5 Å². The van der Waals surface area contributed by atoms with E-state index in [1.165, 1.54) is 13.0 Å². The van der Waals surface area contributed by atoms with Gasteiger partial charge >= 0.3 is 0 Å². The third kappa shape index (κ3) is 4.97. The van der Waals surface area contributed by atoms with Gasteiger partial charge < -0.3 is 9.47 Å². The Kier molecular flexibility index (Phi) is 7.08. The molecule has 116 valence electrons. The van der Waals surface area contributed by atoms with Crippen LogP contribution in [0.4, 0.5) is 0 Å². The molecule has 0 saturated carbocycles. The van der Waals surface area contributed by atoms with Crippen LogP contribution in [-0.4, -0.2) is 24.9 Å². The lowest BCUT2D eigenvalue weighted by Gasteiger charge is -2.12. The van der Waals surface area contributed by atoms with Crippen molar-refractivity contribution in [3.63, 3.8) is 0 Å². The van der Waals surface area contributed by atoms with Crippen LogP contribution in [0.15, 0.2) is 22.7 Å². The molecule has 0 saturated heterocycles. The van der Waals surface area contributed by atoms with E-state index in [0.29, 0.717) is 17.1 Å². The van der Waals surface area contributed by atoms with Gasteiger partial charge in [0.15, 0.2) is 0 Å². The third-order valence-electron chi connectivity index (χ3n) is 2.92. The predicted molar refractivity (Wildman–Crippen MR) is 85.8 cm³/mol. The summed E-state index contributed by atoms with van der Waals surface area (Å²) in [6, 6.07) is 3.65. The van der Waals surface area contributed by atoms with Gasteiger partial charge in [0.05, 0.1) is 24.0 Å². The summed E-state index contributed by atoms with van der Waals surface area (Å²) in [5.74, 6) is 2.31.